The van der Waals surface area contributed by atoms with Gasteiger partial charge >= 0.3 is 5.97 Å². The number of methoxy groups -OCH3 is 2. The maximum Gasteiger partial charge on any atom is 0.341 e. The highest BCUT2D eigenvalue weighted by molar-refractivity contribution is 5.93. The third-order valence-electron chi connectivity index (χ3n) is 2.08. The molecule has 1 aromatic rings. The van der Waals surface area contributed by atoms with Crippen molar-refractivity contribution in [3.63, 3.8) is 0 Å². The van der Waals surface area contributed by atoms with Crippen molar-refractivity contribution in [1.29, 1.82) is 0 Å². The molecule has 0 spiro atoms. The molecule has 0 radical (unpaired) electrons. The van der Waals surface area contributed by atoms with Crippen LogP contribution in [0.2, 0.25) is 0 Å². The van der Waals surface area contributed by atoms with Gasteiger partial charge in [0.05, 0.1) is 12.7 Å². The second kappa shape index (κ2) is 4.82. The van der Waals surface area contributed by atoms with E-state index in [2.05, 4.69) is 9.47 Å². The van der Waals surface area contributed by atoms with E-state index in [0.717, 1.165) is 7.11 Å². The Kier molecular flexibility index (Phi) is 3.70. The number of benzene rings is 1. The fourth-order valence-electron chi connectivity index (χ4n) is 1.20. The van der Waals surface area contributed by atoms with Crippen LogP contribution in [0.4, 0.5) is 0 Å². The normalized spacial score (nSPS) is 12.2. The summed E-state index contributed by atoms with van der Waals surface area (Å²) in [5.74, 6) is -2.05. The molecule has 6 heteroatoms. The summed E-state index contributed by atoms with van der Waals surface area (Å²) in [5.41, 5.74) is -0.222. The zero-order valence-corrected chi connectivity index (χ0v) is 8.80. The quantitative estimate of drug-likeness (QED) is 0.396. The summed E-state index contributed by atoms with van der Waals surface area (Å²) in [6.45, 7) is 0. The molecule has 88 valence electrons. The molecule has 0 aliphatic carbocycles. The first-order valence-electron chi connectivity index (χ1n) is 4.37. The Labute approximate surface area is 91.7 Å². The summed E-state index contributed by atoms with van der Waals surface area (Å²) in [7, 11) is 2.38. The third-order valence-corrected chi connectivity index (χ3v) is 2.08. The zero-order valence-electron chi connectivity index (χ0n) is 8.80. The van der Waals surface area contributed by atoms with Crippen molar-refractivity contribution >= 4 is 5.97 Å². The standard InChI is InChI=1S/C10H12O6/c1-15-9(13)5-3-4-6(10(14)16-2)8(12)7(5)11/h3-4,9,11-13H,1-2H3. The van der Waals surface area contributed by atoms with Gasteiger partial charge in [0.1, 0.15) is 5.56 Å². The van der Waals surface area contributed by atoms with E-state index in [1.807, 2.05) is 0 Å². The van der Waals surface area contributed by atoms with Crippen LogP contribution in [0, 0.1) is 0 Å². The fourth-order valence-corrected chi connectivity index (χ4v) is 1.20. The lowest BCUT2D eigenvalue weighted by Crippen LogP contribution is -2.05. The minimum Gasteiger partial charge on any atom is -0.504 e. The minimum absolute atomic E-state index is 0.0346. The maximum atomic E-state index is 11.2. The highest BCUT2D eigenvalue weighted by Crippen LogP contribution is 2.36. The summed E-state index contributed by atoms with van der Waals surface area (Å²) >= 11 is 0. The number of carbonyl (C=O) groups excluding carboxylic acids is 1. The molecule has 1 rings (SSSR count). The number of phenols is 2. The van der Waals surface area contributed by atoms with E-state index in [4.69, 9.17) is 0 Å². The first-order valence-corrected chi connectivity index (χ1v) is 4.37. The number of phenolic OH excluding ortho intramolecular Hbond substituents is 2. The van der Waals surface area contributed by atoms with Crippen molar-refractivity contribution in [2.24, 2.45) is 0 Å². The highest BCUT2D eigenvalue weighted by Gasteiger charge is 2.21. The SMILES string of the molecule is COC(=O)c1ccc(C(O)OC)c(O)c1O. The molecular formula is C10H12O6. The summed E-state index contributed by atoms with van der Waals surface area (Å²) in [6, 6.07) is 2.48. The van der Waals surface area contributed by atoms with Crippen molar-refractivity contribution < 1.29 is 29.6 Å². The van der Waals surface area contributed by atoms with Crippen molar-refractivity contribution in [2.45, 2.75) is 6.29 Å². The number of aliphatic hydroxyl groups is 1. The number of rotatable bonds is 3. The first kappa shape index (κ1) is 12.3. The smallest absolute Gasteiger partial charge is 0.341 e. The first-order chi connectivity index (χ1) is 7.52. The molecule has 3 N–H and O–H groups in total. The van der Waals surface area contributed by atoms with E-state index in [1.165, 1.54) is 19.2 Å². The molecule has 0 aliphatic heterocycles. The Bertz CT molecular complexity index is 401. The van der Waals surface area contributed by atoms with Gasteiger partial charge in [-0.25, -0.2) is 4.79 Å². The molecule has 6 nitrogen and oxygen atoms in total. The van der Waals surface area contributed by atoms with Crippen molar-refractivity contribution in [2.75, 3.05) is 14.2 Å². The van der Waals surface area contributed by atoms with Crippen LogP contribution >= 0.6 is 0 Å². The average molecular weight is 228 g/mol. The van der Waals surface area contributed by atoms with Crippen molar-refractivity contribution in [3.05, 3.63) is 23.3 Å². The lowest BCUT2D eigenvalue weighted by Gasteiger charge is -2.13. The second-order valence-electron chi connectivity index (χ2n) is 2.98. The van der Waals surface area contributed by atoms with Gasteiger partial charge in [0.25, 0.3) is 0 Å². The second-order valence-corrected chi connectivity index (χ2v) is 2.98. The fraction of sp³-hybridized carbons (Fsp3) is 0.300. The molecular weight excluding hydrogens is 216 g/mol. The van der Waals surface area contributed by atoms with Gasteiger partial charge < -0.3 is 24.8 Å². The molecule has 0 saturated carbocycles. The van der Waals surface area contributed by atoms with Gasteiger partial charge in [0.15, 0.2) is 17.8 Å². The van der Waals surface area contributed by atoms with Crippen molar-refractivity contribution in [1.82, 2.24) is 0 Å². The van der Waals surface area contributed by atoms with E-state index in [1.54, 1.807) is 0 Å². The number of hydrogen-bond donors (Lipinski definition) is 3. The molecule has 0 fully saturated rings. The van der Waals surface area contributed by atoms with Crippen LogP contribution in [0.25, 0.3) is 0 Å². The maximum absolute atomic E-state index is 11.2. The van der Waals surface area contributed by atoms with E-state index in [9.17, 15) is 20.1 Å². The topological polar surface area (TPSA) is 96.2 Å². The molecule has 0 aromatic heterocycles. The molecule has 16 heavy (non-hydrogen) atoms. The molecule has 0 heterocycles. The van der Waals surface area contributed by atoms with Gasteiger partial charge in [-0.3, -0.25) is 0 Å². The Hall–Kier alpha value is -1.79. The van der Waals surface area contributed by atoms with Crippen LogP contribution < -0.4 is 0 Å². The van der Waals surface area contributed by atoms with Gasteiger partial charge in [-0.15, -0.1) is 0 Å². The molecule has 1 atom stereocenters. The lowest BCUT2D eigenvalue weighted by molar-refractivity contribution is -0.0782. The van der Waals surface area contributed by atoms with Gasteiger partial charge in [-0.1, -0.05) is 0 Å². The monoisotopic (exact) mass is 228 g/mol. The van der Waals surface area contributed by atoms with E-state index in [0.29, 0.717) is 0 Å². The zero-order chi connectivity index (χ0) is 12.3. The van der Waals surface area contributed by atoms with E-state index >= 15 is 0 Å². The highest BCUT2D eigenvalue weighted by atomic mass is 16.6. The number of carbonyl (C=O) groups is 1. The van der Waals surface area contributed by atoms with Crippen LogP contribution in [0.1, 0.15) is 22.2 Å². The summed E-state index contributed by atoms with van der Waals surface area (Å²) in [4.78, 5) is 11.2. The predicted octanol–water partition coefficient (Wildman–Crippen LogP) is 0.522. The summed E-state index contributed by atoms with van der Waals surface area (Å²) in [6.07, 6.45) is -1.38. The van der Waals surface area contributed by atoms with Gasteiger partial charge in [0, 0.05) is 7.11 Å². The number of ether oxygens (including phenoxy) is 2. The molecule has 0 amide bonds. The van der Waals surface area contributed by atoms with Gasteiger partial charge in [-0.2, -0.15) is 0 Å². The number of aromatic hydroxyl groups is 2. The largest absolute Gasteiger partial charge is 0.504 e. The summed E-state index contributed by atoms with van der Waals surface area (Å²) < 4.78 is 8.96. The Balaban J connectivity index is 3.23. The van der Waals surface area contributed by atoms with Gasteiger partial charge in [0.2, 0.25) is 0 Å². The number of hydrogen-bond acceptors (Lipinski definition) is 6. The average Bonchev–Trinajstić information content (AvgIpc) is 2.30. The van der Waals surface area contributed by atoms with E-state index in [-0.39, 0.29) is 11.1 Å². The Morgan fingerprint density at radius 2 is 1.88 bits per heavy atom. The van der Waals surface area contributed by atoms with Crippen LogP contribution in [0.5, 0.6) is 11.5 Å². The predicted molar refractivity (Wildman–Crippen MR) is 53.1 cm³/mol. The molecule has 1 aromatic carbocycles. The van der Waals surface area contributed by atoms with Crippen LogP contribution in [-0.2, 0) is 9.47 Å². The van der Waals surface area contributed by atoms with Crippen LogP contribution in [-0.4, -0.2) is 35.5 Å². The molecule has 0 aliphatic rings. The van der Waals surface area contributed by atoms with Crippen LogP contribution in [0.15, 0.2) is 12.1 Å². The molecule has 0 bridgehead atoms. The van der Waals surface area contributed by atoms with Crippen molar-refractivity contribution in [3.8, 4) is 11.5 Å². The molecule has 1 unspecified atom stereocenters. The van der Waals surface area contributed by atoms with Gasteiger partial charge in [-0.05, 0) is 12.1 Å². The number of aliphatic hydroxyl groups excluding tert-OH is 1. The van der Waals surface area contributed by atoms with E-state index < -0.39 is 23.8 Å². The van der Waals surface area contributed by atoms with Crippen LogP contribution in [0.3, 0.4) is 0 Å². The lowest BCUT2D eigenvalue weighted by atomic mass is 10.1. The molecule has 0 saturated heterocycles. The Morgan fingerprint density at radius 3 is 2.38 bits per heavy atom. The number of esters is 1. The minimum atomic E-state index is -1.38. The Morgan fingerprint density at radius 1 is 1.25 bits per heavy atom. The third kappa shape index (κ3) is 2.07. The summed E-state index contributed by atoms with van der Waals surface area (Å²) in [5, 5.41) is 28.3.